The molecule has 1 rings (SSSR count). The average Bonchev–Trinajstić information content (AvgIpc) is 2.20. The molecule has 1 atom stereocenters. The molecule has 0 spiro atoms. The number of nitrogens with zero attached hydrogens (tertiary/aromatic N) is 1. The molecule has 0 saturated carbocycles. The van der Waals surface area contributed by atoms with Crippen LogP contribution in [0.15, 0.2) is 30.3 Å². The fourth-order valence-corrected chi connectivity index (χ4v) is 1.69. The first-order chi connectivity index (χ1) is 6.74. The molecule has 0 N–H and O–H groups in total. The first-order valence-electron chi connectivity index (χ1n) is 4.62. The minimum absolute atomic E-state index is 0.531. The van der Waals surface area contributed by atoms with Gasteiger partial charge in [0.2, 0.25) is 0 Å². The van der Waals surface area contributed by atoms with Crippen LogP contribution in [0.25, 0.3) is 0 Å². The first-order valence-corrected chi connectivity index (χ1v) is 5.65. The van der Waals surface area contributed by atoms with Crippen LogP contribution in [-0.4, -0.2) is 26.2 Å². The number of hydrogen-bond acceptors (Lipinski definition) is 2. The molecule has 78 valence electrons. The van der Waals surface area contributed by atoms with E-state index in [9.17, 15) is 8.76 Å². The highest BCUT2D eigenvalue weighted by atomic mass is 32.2. The van der Waals surface area contributed by atoms with Crippen molar-refractivity contribution in [1.82, 2.24) is 4.31 Å². The van der Waals surface area contributed by atoms with Gasteiger partial charge in [0.05, 0.1) is 0 Å². The average molecular weight is 212 g/mol. The van der Waals surface area contributed by atoms with Gasteiger partial charge in [0, 0.05) is 24.4 Å². The third kappa shape index (κ3) is 3.57. The lowest BCUT2D eigenvalue weighted by Gasteiger charge is -2.22. The summed E-state index contributed by atoms with van der Waals surface area (Å²) in [6.07, 6.45) is 0.767. The summed E-state index contributed by atoms with van der Waals surface area (Å²) in [5.74, 6) is 0. The van der Waals surface area contributed by atoms with Crippen LogP contribution in [0.4, 0.5) is 0 Å². The van der Waals surface area contributed by atoms with Crippen molar-refractivity contribution < 1.29 is 8.76 Å². The summed E-state index contributed by atoms with van der Waals surface area (Å²) >= 11 is -2.09. The maximum absolute atomic E-state index is 10.7. The zero-order chi connectivity index (χ0) is 10.4. The Morgan fingerprint density at radius 1 is 1.36 bits per heavy atom. The molecule has 3 nitrogen and oxygen atoms in total. The maximum atomic E-state index is 10.7. The summed E-state index contributed by atoms with van der Waals surface area (Å²) < 4.78 is 22.8. The number of rotatable bonds is 5. The van der Waals surface area contributed by atoms with E-state index in [1.165, 1.54) is 4.31 Å². The Morgan fingerprint density at radius 2 is 2.00 bits per heavy atom. The normalized spacial score (nSPS) is 13.1. The minimum atomic E-state index is -2.09. The molecule has 14 heavy (non-hydrogen) atoms. The Kier molecular flexibility index (Phi) is 4.79. The van der Waals surface area contributed by atoms with E-state index in [0.717, 1.165) is 12.0 Å². The lowest BCUT2D eigenvalue weighted by Crippen LogP contribution is -2.27. The van der Waals surface area contributed by atoms with Crippen molar-refractivity contribution in [2.45, 2.75) is 13.3 Å². The van der Waals surface area contributed by atoms with E-state index in [0.29, 0.717) is 13.1 Å². The van der Waals surface area contributed by atoms with Gasteiger partial charge in [-0.1, -0.05) is 37.3 Å². The van der Waals surface area contributed by atoms with Gasteiger partial charge in [-0.2, -0.15) is 0 Å². The molecule has 1 aromatic rings. The van der Waals surface area contributed by atoms with Crippen LogP contribution in [-0.2, 0) is 17.7 Å². The molecule has 0 amide bonds. The fourth-order valence-electron chi connectivity index (χ4n) is 1.24. The third-order valence-electron chi connectivity index (χ3n) is 2.06. The molecular weight excluding hydrogens is 198 g/mol. The molecule has 1 aromatic carbocycles. The summed E-state index contributed by atoms with van der Waals surface area (Å²) in [5.41, 5.74) is 1.16. The van der Waals surface area contributed by atoms with E-state index in [-0.39, 0.29) is 0 Å². The highest BCUT2D eigenvalue weighted by Gasteiger charge is 2.01. The number of benzene rings is 1. The summed E-state index contributed by atoms with van der Waals surface area (Å²) in [6.45, 7) is 2.92. The van der Waals surface area contributed by atoms with Gasteiger partial charge in [0.15, 0.2) is 0 Å². The van der Waals surface area contributed by atoms with Crippen LogP contribution in [0.5, 0.6) is 0 Å². The predicted molar refractivity (Wildman–Crippen MR) is 56.3 cm³/mol. The Bertz CT molecular complexity index is 289. The van der Waals surface area contributed by atoms with Crippen molar-refractivity contribution in [2.24, 2.45) is 0 Å². The molecule has 0 radical (unpaired) electrons. The van der Waals surface area contributed by atoms with Crippen LogP contribution in [0.2, 0.25) is 0 Å². The van der Waals surface area contributed by atoms with Crippen molar-refractivity contribution in [3.63, 3.8) is 0 Å². The second-order valence-corrected chi connectivity index (χ2v) is 3.92. The van der Waals surface area contributed by atoms with Gasteiger partial charge < -0.3 is 4.55 Å². The molecule has 4 heteroatoms. The van der Waals surface area contributed by atoms with E-state index < -0.39 is 11.3 Å². The molecule has 0 bridgehead atoms. The molecule has 0 aromatic heterocycles. The van der Waals surface area contributed by atoms with E-state index in [1.54, 1.807) is 0 Å². The van der Waals surface area contributed by atoms with Crippen LogP contribution < -0.4 is 0 Å². The summed E-state index contributed by atoms with van der Waals surface area (Å²) in [5, 5.41) is 0. The smallest absolute Gasteiger partial charge is 0.0209 e. The largest absolute Gasteiger partial charge is 0.760 e. The van der Waals surface area contributed by atoms with Gasteiger partial charge in [-0.05, 0) is 12.0 Å². The highest BCUT2D eigenvalue weighted by molar-refractivity contribution is 7.76. The minimum Gasteiger partial charge on any atom is -0.760 e. The van der Waals surface area contributed by atoms with Gasteiger partial charge in [0.25, 0.3) is 0 Å². The lowest BCUT2D eigenvalue weighted by molar-refractivity contribution is 0.403. The lowest BCUT2D eigenvalue weighted by atomic mass is 10.1. The summed E-state index contributed by atoms with van der Waals surface area (Å²) in [4.78, 5) is 0. The quantitative estimate of drug-likeness (QED) is 0.691. The molecular formula is C10H14NO2S-. The second-order valence-electron chi connectivity index (χ2n) is 2.97. The van der Waals surface area contributed by atoms with Gasteiger partial charge in [-0.25, -0.2) is 4.31 Å². The molecule has 0 aliphatic rings. The van der Waals surface area contributed by atoms with Crippen LogP contribution in [0.3, 0.4) is 0 Å². The standard InChI is InChI=1S/C10H15NO2S/c1-2-11(14(12)13)9-8-10-6-4-3-5-7-10/h3-7H,2,8-9H2,1H3,(H,12,13)/p-1. The van der Waals surface area contributed by atoms with Crippen LogP contribution in [0.1, 0.15) is 12.5 Å². The maximum Gasteiger partial charge on any atom is 0.0209 e. The zero-order valence-electron chi connectivity index (χ0n) is 8.18. The van der Waals surface area contributed by atoms with Crippen molar-refractivity contribution in [2.75, 3.05) is 13.1 Å². The third-order valence-corrected chi connectivity index (χ3v) is 2.92. The molecule has 0 aliphatic heterocycles. The van der Waals surface area contributed by atoms with Crippen molar-refractivity contribution >= 4 is 11.3 Å². The fraction of sp³-hybridized carbons (Fsp3) is 0.400. The van der Waals surface area contributed by atoms with Gasteiger partial charge >= 0.3 is 0 Å². The Balaban J connectivity index is 2.44. The second kappa shape index (κ2) is 5.90. The van der Waals surface area contributed by atoms with E-state index in [2.05, 4.69) is 0 Å². The predicted octanol–water partition coefficient (Wildman–Crippen LogP) is 1.35. The highest BCUT2D eigenvalue weighted by Crippen LogP contribution is 2.02. The Morgan fingerprint density at radius 3 is 2.50 bits per heavy atom. The zero-order valence-corrected chi connectivity index (χ0v) is 9.00. The molecule has 1 unspecified atom stereocenters. The van der Waals surface area contributed by atoms with Crippen molar-refractivity contribution in [3.05, 3.63) is 35.9 Å². The molecule has 0 fully saturated rings. The Hall–Kier alpha value is -0.710. The van der Waals surface area contributed by atoms with Crippen molar-refractivity contribution in [1.29, 1.82) is 0 Å². The molecule has 0 heterocycles. The van der Waals surface area contributed by atoms with Gasteiger partial charge in [0.1, 0.15) is 0 Å². The summed E-state index contributed by atoms with van der Waals surface area (Å²) in [7, 11) is 0. The first kappa shape index (κ1) is 11.4. The molecule has 0 aliphatic carbocycles. The Labute approximate surface area is 87.2 Å². The van der Waals surface area contributed by atoms with E-state index >= 15 is 0 Å². The number of likely N-dealkylation sites (N-methyl/N-ethyl adjacent to an activating group) is 1. The van der Waals surface area contributed by atoms with Crippen LogP contribution >= 0.6 is 0 Å². The van der Waals surface area contributed by atoms with Crippen LogP contribution in [0, 0.1) is 0 Å². The monoisotopic (exact) mass is 212 g/mol. The van der Waals surface area contributed by atoms with E-state index in [4.69, 9.17) is 0 Å². The molecule has 0 saturated heterocycles. The van der Waals surface area contributed by atoms with Crippen molar-refractivity contribution in [3.8, 4) is 0 Å². The van der Waals surface area contributed by atoms with E-state index in [1.807, 2.05) is 37.3 Å². The SMILES string of the molecule is CCN(CCc1ccccc1)S(=O)[O-]. The van der Waals surface area contributed by atoms with Gasteiger partial charge in [-0.15, -0.1) is 0 Å². The summed E-state index contributed by atoms with van der Waals surface area (Å²) in [6, 6.07) is 9.87. The topological polar surface area (TPSA) is 43.4 Å². The van der Waals surface area contributed by atoms with Gasteiger partial charge in [-0.3, -0.25) is 4.21 Å². The number of hydrogen-bond donors (Lipinski definition) is 0.